The molecule has 0 radical (unpaired) electrons. The molecule has 22 heavy (non-hydrogen) atoms. The minimum atomic E-state index is -1.76. The van der Waals surface area contributed by atoms with E-state index in [9.17, 15) is 20.1 Å². The molecular weight excluding hydrogens is 413 g/mol. The third kappa shape index (κ3) is 9.45. The Morgan fingerprint density at radius 3 is 2.55 bits per heavy atom. The smallest absolute Gasteiger partial charge is 0.394 e. The Balaban J connectivity index is 3.94. The minimum Gasteiger partial charge on any atom is -0.394 e. The van der Waals surface area contributed by atoms with Crippen LogP contribution in [0.1, 0.15) is 0 Å². The van der Waals surface area contributed by atoms with Crippen molar-refractivity contribution >= 4 is 12.1 Å². The number of nitrogens with one attached hydrogen (secondary N) is 2. The van der Waals surface area contributed by atoms with Crippen molar-refractivity contribution in [1.29, 1.82) is 0 Å². The number of carbonyl (C=O) groups excluding carboxylic acids is 1. The van der Waals surface area contributed by atoms with Crippen molar-refractivity contribution in [3.05, 3.63) is 0 Å². The number of amides is 1. The van der Waals surface area contributed by atoms with Crippen molar-refractivity contribution in [3.63, 3.8) is 0 Å². The number of halogens is 1. The summed E-state index contributed by atoms with van der Waals surface area (Å²) in [6.45, 7) is 0.0107. The summed E-state index contributed by atoms with van der Waals surface area (Å²) in [7, 11) is 0. The second-order valence-electron chi connectivity index (χ2n) is 4.17. The van der Waals surface area contributed by atoms with Crippen LogP contribution < -0.4 is 30.3 Å². The zero-order valence-corrected chi connectivity index (χ0v) is 14.3. The van der Waals surface area contributed by atoms with Crippen molar-refractivity contribution in [2.75, 3.05) is 31.2 Å². The van der Waals surface area contributed by atoms with Crippen molar-refractivity contribution in [3.8, 4) is 0 Å². The molecule has 0 rings (SSSR count). The van der Waals surface area contributed by atoms with E-state index in [-0.39, 0.29) is 34.0 Å². The van der Waals surface area contributed by atoms with Gasteiger partial charge in [0, 0.05) is 0 Å². The monoisotopic (exact) mass is 436 g/mol. The molecule has 0 aliphatic rings. The van der Waals surface area contributed by atoms with E-state index < -0.39 is 31.0 Å². The molecule has 0 bridgehead atoms. The van der Waals surface area contributed by atoms with Crippen LogP contribution in [0, 0.1) is 0 Å². The molecule has 1 unspecified atom stereocenters. The summed E-state index contributed by atoms with van der Waals surface area (Å²) < 4.78 is 3.12. The number of rotatable bonds is 12. The molecule has 11 heteroatoms. The molecule has 0 aromatic rings. The number of carbonyl (C=O) groups is 1. The van der Waals surface area contributed by atoms with E-state index in [0.717, 1.165) is 6.21 Å². The number of oxime groups is 1. The fourth-order valence-corrected chi connectivity index (χ4v) is 2.03. The molecule has 132 valence electrons. The summed E-state index contributed by atoms with van der Waals surface area (Å²) in [5.41, 5.74) is 0. The van der Waals surface area contributed by atoms with Gasteiger partial charge >= 0.3 is 110 Å². The van der Waals surface area contributed by atoms with Crippen molar-refractivity contribution in [2.45, 2.75) is 24.4 Å². The number of hydrogen-bond donors (Lipinski definition) is 7. The Morgan fingerprint density at radius 1 is 1.27 bits per heavy atom. The summed E-state index contributed by atoms with van der Waals surface area (Å²) in [5, 5.41) is 51.8. The van der Waals surface area contributed by atoms with Gasteiger partial charge in [-0.1, -0.05) is 0 Å². The van der Waals surface area contributed by atoms with Crippen LogP contribution >= 0.6 is 0 Å². The second-order valence-corrected chi connectivity index (χ2v) is 6.01. The van der Waals surface area contributed by atoms with Gasteiger partial charge in [0.15, 0.2) is 0 Å². The van der Waals surface area contributed by atoms with Gasteiger partial charge in [0.1, 0.15) is 6.10 Å². The molecule has 0 spiro atoms. The number of alkyl halides is 1. The van der Waals surface area contributed by atoms with Gasteiger partial charge in [-0.2, -0.15) is 0 Å². The molecular formula is C11H23IN3O7-. The molecule has 0 saturated heterocycles. The molecule has 7 N–H and O–H groups in total. The topological polar surface area (TPSA) is 164 Å². The van der Waals surface area contributed by atoms with E-state index in [1.165, 1.54) is 0 Å². The Bertz CT molecular complexity index is 335. The van der Waals surface area contributed by atoms with Crippen molar-refractivity contribution < 1.29 is 56.6 Å². The minimum absolute atomic E-state index is 0.0266. The van der Waals surface area contributed by atoms with Gasteiger partial charge < -0.3 is 15.3 Å². The maximum atomic E-state index is 11.3. The number of aliphatic hydroxyl groups is 5. The van der Waals surface area contributed by atoms with E-state index in [0.29, 0.717) is 13.1 Å². The number of hydrogen-bond acceptors (Lipinski definition) is 9. The molecule has 10 nitrogen and oxygen atoms in total. The molecule has 0 saturated carbocycles. The summed E-state index contributed by atoms with van der Waals surface area (Å²) in [5.74, 6) is -0.390. The summed E-state index contributed by atoms with van der Waals surface area (Å²) in [6, 6.07) is 0. The quantitative estimate of drug-likeness (QED) is 0.0396. The summed E-state index contributed by atoms with van der Waals surface area (Å²) in [4.78, 5) is 17.9. The van der Waals surface area contributed by atoms with Crippen LogP contribution in [0.4, 0.5) is 0 Å². The molecule has 1 amide bonds. The maximum absolute atomic E-state index is 11.3. The van der Waals surface area contributed by atoms with Gasteiger partial charge in [0.2, 0.25) is 0 Å². The Kier molecular flexibility index (Phi) is 12.6. The zero-order chi connectivity index (χ0) is 17.0. The van der Waals surface area contributed by atoms with E-state index in [2.05, 4.69) is 23.8 Å². The molecule has 0 aliphatic heterocycles. The van der Waals surface area contributed by atoms with Crippen LogP contribution in [-0.2, 0) is 9.63 Å². The first-order chi connectivity index (χ1) is 10.4. The average molecular weight is 436 g/mol. The summed E-state index contributed by atoms with van der Waals surface area (Å²) >= 11 is -0.0266. The fraction of sp³-hybridized carbons (Fsp3) is 0.818. The van der Waals surface area contributed by atoms with Crippen LogP contribution in [0.25, 0.3) is 0 Å². The van der Waals surface area contributed by atoms with Gasteiger partial charge in [-0.25, -0.2) is 0 Å². The zero-order valence-electron chi connectivity index (χ0n) is 12.1. The Labute approximate surface area is 138 Å². The third-order valence-corrected chi connectivity index (χ3v) is 3.74. The van der Waals surface area contributed by atoms with Crippen molar-refractivity contribution in [2.24, 2.45) is 5.16 Å². The molecule has 0 aromatic carbocycles. The SMILES string of the molecule is C[I-]NCCNC(=O)CO/N=C/[C@@H](O)[C@@H](O)[C@H](O)C(O)CO. The van der Waals surface area contributed by atoms with E-state index in [1.54, 1.807) is 0 Å². The third-order valence-electron chi connectivity index (χ3n) is 2.44. The summed E-state index contributed by atoms with van der Waals surface area (Å²) in [6.07, 6.45) is -5.95. The van der Waals surface area contributed by atoms with E-state index >= 15 is 0 Å². The van der Waals surface area contributed by atoms with Crippen LogP contribution in [-0.4, -0.2) is 93.3 Å². The second kappa shape index (κ2) is 12.9. The van der Waals surface area contributed by atoms with E-state index in [1.807, 2.05) is 0 Å². The van der Waals surface area contributed by atoms with Crippen LogP contribution in [0.15, 0.2) is 5.16 Å². The fourth-order valence-electron chi connectivity index (χ4n) is 1.22. The molecule has 0 fully saturated rings. The van der Waals surface area contributed by atoms with Crippen LogP contribution in [0.5, 0.6) is 0 Å². The predicted octanol–water partition coefficient (Wildman–Crippen LogP) is -7.24. The molecule has 4 atom stereocenters. The molecule has 0 aromatic heterocycles. The first-order valence-electron chi connectivity index (χ1n) is 6.40. The standard InChI is InChI=1S/C11H23IN3O7/c1-12-14-3-2-13-9(19)6-22-15-4-7(17)10(20)11(21)8(18)5-16/h4,7-8,10-11,14,16-18,20-21H,2-3,5-6H2,1H3,(H,13,19)/q-1/b15-4+/t7-,8?,10-,11-/m1/s1. The molecule has 0 heterocycles. The first-order valence-corrected chi connectivity index (χ1v) is 9.64. The van der Waals surface area contributed by atoms with Gasteiger partial charge in [-0.15, -0.1) is 0 Å². The van der Waals surface area contributed by atoms with Crippen molar-refractivity contribution in [1.82, 2.24) is 8.85 Å². The molecule has 0 aliphatic carbocycles. The normalized spacial score (nSPS) is 17.2. The van der Waals surface area contributed by atoms with Crippen LogP contribution in [0.2, 0.25) is 0 Å². The van der Waals surface area contributed by atoms with Gasteiger partial charge in [-0.05, 0) is 0 Å². The first kappa shape index (κ1) is 21.4. The van der Waals surface area contributed by atoms with Gasteiger partial charge in [0.25, 0.3) is 0 Å². The number of nitrogens with zero attached hydrogens (tertiary/aromatic N) is 1. The van der Waals surface area contributed by atoms with Gasteiger partial charge in [0.05, 0.1) is 6.61 Å². The Morgan fingerprint density at radius 2 is 1.95 bits per heavy atom. The predicted molar refractivity (Wildman–Crippen MR) is 72.5 cm³/mol. The van der Waals surface area contributed by atoms with E-state index in [4.69, 9.17) is 10.2 Å². The average Bonchev–Trinajstić information content (AvgIpc) is 2.53. The van der Waals surface area contributed by atoms with Crippen LogP contribution in [0.3, 0.4) is 0 Å². The van der Waals surface area contributed by atoms with Gasteiger partial charge in [-0.3, -0.25) is 0 Å². The number of aliphatic hydroxyl groups excluding tert-OH is 5. The Hall–Kier alpha value is -0.570.